The Bertz CT molecular complexity index is 1010. The van der Waals surface area contributed by atoms with Crippen LogP contribution in [0.1, 0.15) is 41.2 Å². The summed E-state index contributed by atoms with van der Waals surface area (Å²) in [6.07, 6.45) is 2.46. The Morgan fingerprint density at radius 2 is 2.00 bits per heavy atom. The zero-order valence-electron chi connectivity index (χ0n) is 14.5. The summed E-state index contributed by atoms with van der Waals surface area (Å²) in [4.78, 5) is 14.0. The van der Waals surface area contributed by atoms with Crippen LogP contribution in [0.4, 0.5) is 5.82 Å². The third kappa shape index (κ3) is 2.35. The van der Waals surface area contributed by atoms with Gasteiger partial charge in [-0.15, -0.1) is 11.3 Å². The van der Waals surface area contributed by atoms with E-state index in [1.165, 1.54) is 10.4 Å². The van der Waals surface area contributed by atoms with Crippen LogP contribution < -0.4 is 5.32 Å². The maximum absolute atomic E-state index is 12.8. The van der Waals surface area contributed by atoms with Gasteiger partial charge in [0.15, 0.2) is 11.6 Å². The number of carbonyl (C=O) groups excluding carboxylic acids is 1. The minimum atomic E-state index is -0.0379. The van der Waals surface area contributed by atoms with E-state index in [9.17, 15) is 4.79 Å². The van der Waals surface area contributed by atoms with E-state index in [1.807, 2.05) is 0 Å². The average molecular weight is 361 g/mol. The molecule has 26 heavy (non-hydrogen) atoms. The number of anilines is 1. The van der Waals surface area contributed by atoms with E-state index in [0.29, 0.717) is 6.42 Å². The zero-order chi connectivity index (χ0) is 17.7. The number of nitrogens with zero attached hydrogens (tertiary/aromatic N) is 1. The smallest absolute Gasteiger partial charge is 0.161 e. The van der Waals surface area contributed by atoms with Gasteiger partial charge in [-0.3, -0.25) is 9.89 Å². The van der Waals surface area contributed by atoms with Crippen molar-refractivity contribution in [2.24, 2.45) is 0 Å². The van der Waals surface area contributed by atoms with Crippen molar-refractivity contribution >= 4 is 22.9 Å². The van der Waals surface area contributed by atoms with Gasteiger partial charge in [0.1, 0.15) is 0 Å². The van der Waals surface area contributed by atoms with Crippen LogP contribution in [0.5, 0.6) is 0 Å². The highest BCUT2D eigenvalue weighted by atomic mass is 32.1. The normalized spacial score (nSPS) is 19.1. The quantitative estimate of drug-likeness (QED) is 0.674. The maximum Gasteiger partial charge on any atom is 0.161 e. The first-order valence-electron chi connectivity index (χ1n) is 8.94. The summed E-state index contributed by atoms with van der Waals surface area (Å²) < 4.78 is 0. The van der Waals surface area contributed by atoms with E-state index < -0.39 is 0 Å². The van der Waals surface area contributed by atoms with Crippen molar-refractivity contribution in [1.82, 2.24) is 10.2 Å². The average Bonchev–Trinajstić information content (AvgIpc) is 3.31. The molecule has 0 amide bonds. The molecule has 0 fully saturated rings. The number of thiophene rings is 1. The number of ketones is 1. The van der Waals surface area contributed by atoms with Gasteiger partial charge in [-0.05, 0) is 36.8 Å². The van der Waals surface area contributed by atoms with Crippen molar-refractivity contribution in [2.75, 3.05) is 5.32 Å². The number of H-pyrrole nitrogens is 1. The molecule has 0 saturated heterocycles. The number of hydrogen-bond acceptors (Lipinski definition) is 4. The van der Waals surface area contributed by atoms with Crippen LogP contribution >= 0.6 is 11.3 Å². The number of rotatable bonds is 2. The van der Waals surface area contributed by atoms with E-state index in [4.69, 9.17) is 0 Å². The summed E-state index contributed by atoms with van der Waals surface area (Å²) in [6.45, 7) is 2.08. The second kappa shape index (κ2) is 5.95. The molecule has 2 N–H and O–H groups in total. The fourth-order valence-electron chi connectivity index (χ4n) is 4.02. The number of allylic oxidation sites excluding steroid dienone is 2. The number of carbonyl (C=O) groups is 1. The highest BCUT2D eigenvalue weighted by Gasteiger charge is 2.38. The van der Waals surface area contributed by atoms with E-state index in [-0.39, 0.29) is 11.7 Å². The number of nitrogens with one attached hydrogen (secondary N) is 2. The SMILES string of the molecule is Cc1ccc(-c2[nH]nc3c2[C@@H](c2cccs2)C2=C(CCCC2=O)N3)cc1. The Kier molecular flexibility index (Phi) is 3.57. The largest absolute Gasteiger partial charge is 0.342 e. The zero-order valence-corrected chi connectivity index (χ0v) is 15.3. The predicted molar refractivity (Wildman–Crippen MR) is 104 cm³/mol. The minimum Gasteiger partial charge on any atom is -0.342 e. The Hall–Kier alpha value is -2.66. The number of hydrogen-bond donors (Lipinski definition) is 2. The second-order valence-corrected chi connectivity index (χ2v) is 7.95. The van der Waals surface area contributed by atoms with Crippen LogP contribution in [0.2, 0.25) is 0 Å². The van der Waals surface area contributed by atoms with Crippen LogP contribution in [-0.2, 0) is 4.79 Å². The molecule has 3 aromatic rings. The van der Waals surface area contributed by atoms with Crippen LogP contribution in [0.25, 0.3) is 11.3 Å². The second-order valence-electron chi connectivity index (χ2n) is 6.97. The summed E-state index contributed by atoms with van der Waals surface area (Å²) in [5.74, 6) is 1.08. The fraction of sp³-hybridized carbons (Fsp3) is 0.238. The van der Waals surface area contributed by atoms with Crippen LogP contribution in [-0.4, -0.2) is 16.0 Å². The van der Waals surface area contributed by atoms with Crippen LogP contribution in [0, 0.1) is 6.92 Å². The van der Waals surface area contributed by atoms with E-state index in [0.717, 1.165) is 46.8 Å². The molecule has 1 aromatic carbocycles. The van der Waals surface area contributed by atoms with Crippen LogP contribution in [0.3, 0.4) is 0 Å². The van der Waals surface area contributed by atoms with Gasteiger partial charge in [0.25, 0.3) is 0 Å². The topological polar surface area (TPSA) is 57.8 Å². The number of benzene rings is 1. The molecule has 130 valence electrons. The molecule has 2 aromatic heterocycles. The van der Waals surface area contributed by atoms with Crippen LogP contribution in [0.15, 0.2) is 53.0 Å². The molecule has 0 bridgehead atoms. The van der Waals surface area contributed by atoms with Crippen molar-refractivity contribution in [3.63, 3.8) is 0 Å². The molecule has 1 atom stereocenters. The van der Waals surface area contributed by atoms with Crippen molar-refractivity contribution in [3.05, 3.63) is 69.1 Å². The standard InChI is InChI=1S/C21H19N3OS/c1-12-7-9-13(10-8-12)20-19-18(16-6-3-11-26-16)17-14(4-2-5-15(17)25)22-21(19)24-23-20/h3,6-11,18H,2,4-5H2,1H3,(H2,22,23,24)/t18-/m0/s1. The summed E-state index contributed by atoms with van der Waals surface area (Å²) in [7, 11) is 0. The van der Waals surface area contributed by atoms with Gasteiger partial charge in [0.2, 0.25) is 0 Å². The Labute approximate surface area is 156 Å². The van der Waals surface area contributed by atoms with Gasteiger partial charge in [0.05, 0.1) is 11.6 Å². The number of aromatic amines is 1. The lowest BCUT2D eigenvalue weighted by atomic mass is 9.78. The van der Waals surface area contributed by atoms with E-state index in [1.54, 1.807) is 11.3 Å². The highest BCUT2D eigenvalue weighted by molar-refractivity contribution is 7.10. The number of aryl methyl sites for hydroxylation is 1. The third-order valence-electron chi connectivity index (χ3n) is 5.27. The van der Waals surface area contributed by atoms with Crippen molar-refractivity contribution < 1.29 is 4.79 Å². The summed E-state index contributed by atoms with van der Waals surface area (Å²) in [5.41, 5.74) is 6.39. The van der Waals surface area contributed by atoms with Gasteiger partial charge < -0.3 is 5.32 Å². The first-order chi connectivity index (χ1) is 12.7. The summed E-state index contributed by atoms with van der Waals surface area (Å²) in [6, 6.07) is 12.6. The Morgan fingerprint density at radius 3 is 2.77 bits per heavy atom. The molecular weight excluding hydrogens is 342 g/mol. The Morgan fingerprint density at radius 1 is 1.15 bits per heavy atom. The molecule has 4 nitrogen and oxygen atoms in total. The third-order valence-corrected chi connectivity index (χ3v) is 6.21. The first-order valence-corrected chi connectivity index (χ1v) is 9.82. The molecule has 1 aliphatic carbocycles. The first kappa shape index (κ1) is 15.6. The number of aromatic nitrogens is 2. The summed E-state index contributed by atoms with van der Waals surface area (Å²) >= 11 is 1.70. The van der Waals surface area contributed by atoms with Gasteiger partial charge in [-0.1, -0.05) is 35.9 Å². The molecule has 3 heterocycles. The maximum atomic E-state index is 12.8. The minimum absolute atomic E-state index is 0.0379. The predicted octanol–water partition coefficient (Wildman–Crippen LogP) is 5.01. The number of Topliss-reactive ketones (excluding diaryl/α,β-unsaturated/α-hetero) is 1. The van der Waals surface area contributed by atoms with E-state index in [2.05, 4.69) is 64.2 Å². The molecule has 0 spiro atoms. The highest BCUT2D eigenvalue weighted by Crippen LogP contribution is 2.48. The van der Waals surface area contributed by atoms with Gasteiger partial charge in [0, 0.05) is 28.1 Å². The van der Waals surface area contributed by atoms with Crippen molar-refractivity contribution in [1.29, 1.82) is 0 Å². The van der Waals surface area contributed by atoms with Gasteiger partial charge >= 0.3 is 0 Å². The van der Waals surface area contributed by atoms with Gasteiger partial charge in [-0.2, -0.15) is 5.10 Å². The molecule has 1 aliphatic heterocycles. The van der Waals surface area contributed by atoms with E-state index >= 15 is 0 Å². The van der Waals surface area contributed by atoms with Gasteiger partial charge in [-0.25, -0.2) is 0 Å². The molecule has 0 unspecified atom stereocenters. The molecular formula is C21H19N3OS. The number of fused-ring (bicyclic) bond motifs is 1. The Balaban J connectivity index is 1.73. The molecule has 0 radical (unpaired) electrons. The monoisotopic (exact) mass is 361 g/mol. The summed E-state index contributed by atoms with van der Waals surface area (Å²) in [5, 5.41) is 13.3. The molecule has 2 aliphatic rings. The van der Waals surface area contributed by atoms with Crippen molar-refractivity contribution in [3.8, 4) is 11.3 Å². The lowest BCUT2D eigenvalue weighted by molar-refractivity contribution is -0.116. The molecule has 5 heteroatoms. The lowest BCUT2D eigenvalue weighted by Gasteiger charge is -2.31. The molecule has 5 rings (SSSR count). The fourth-order valence-corrected chi connectivity index (χ4v) is 4.87. The van der Waals surface area contributed by atoms with Crippen molar-refractivity contribution in [2.45, 2.75) is 32.1 Å². The lowest BCUT2D eigenvalue weighted by Crippen LogP contribution is -2.26. The molecule has 0 saturated carbocycles.